The summed E-state index contributed by atoms with van der Waals surface area (Å²) in [5.74, 6) is 0.304. The second-order valence-corrected chi connectivity index (χ2v) is 6.57. The van der Waals surface area contributed by atoms with E-state index in [-0.39, 0.29) is 12.4 Å². The predicted molar refractivity (Wildman–Crippen MR) is 84.7 cm³/mol. The highest BCUT2D eigenvalue weighted by Gasteiger charge is 2.12. The maximum atomic E-state index is 11.9. The molecule has 0 spiro atoms. The van der Waals surface area contributed by atoms with Crippen LogP contribution in [0.1, 0.15) is 16.7 Å². The van der Waals surface area contributed by atoms with Crippen molar-refractivity contribution in [2.24, 2.45) is 0 Å². The molecule has 0 amide bonds. The lowest BCUT2D eigenvalue weighted by atomic mass is 10.1. The van der Waals surface area contributed by atoms with E-state index in [1.165, 1.54) is 0 Å². The van der Waals surface area contributed by atoms with Gasteiger partial charge in [0, 0.05) is 5.88 Å². The molecule has 0 fully saturated rings. The van der Waals surface area contributed by atoms with Crippen LogP contribution in [-0.4, -0.2) is 15.0 Å². The highest BCUT2D eigenvalue weighted by atomic mass is 35.5. The molecule has 21 heavy (non-hydrogen) atoms. The normalized spacial score (nSPS) is 11.5. The SMILES string of the molecule is O=S(=O)(Cc1ccccc1)OCCc1ccccc1CCl. The van der Waals surface area contributed by atoms with Gasteiger partial charge in [-0.15, -0.1) is 11.6 Å². The molecule has 0 bridgehead atoms. The number of hydrogen-bond acceptors (Lipinski definition) is 3. The lowest BCUT2D eigenvalue weighted by Gasteiger charge is -2.08. The van der Waals surface area contributed by atoms with Gasteiger partial charge in [0.25, 0.3) is 10.1 Å². The van der Waals surface area contributed by atoms with Gasteiger partial charge in [0.15, 0.2) is 0 Å². The summed E-state index contributed by atoms with van der Waals surface area (Å²) >= 11 is 5.85. The Labute approximate surface area is 130 Å². The van der Waals surface area contributed by atoms with Gasteiger partial charge >= 0.3 is 0 Å². The molecular formula is C16H17ClO3S. The molecule has 3 nitrogen and oxygen atoms in total. The van der Waals surface area contributed by atoms with E-state index >= 15 is 0 Å². The molecule has 5 heteroatoms. The van der Waals surface area contributed by atoms with Crippen LogP contribution in [0.3, 0.4) is 0 Å². The first-order valence-electron chi connectivity index (χ1n) is 6.64. The Morgan fingerprint density at radius 1 is 0.905 bits per heavy atom. The number of alkyl halides is 1. The van der Waals surface area contributed by atoms with Crippen molar-refractivity contribution >= 4 is 21.7 Å². The number of hydrogen-bond donors (Lipinski definition) is 0. The molecule has 0 aromatic heterocycles. The summed E-state index contributed by atoms with van der Waals surface area (Å²) in [7, 11) is -3.56. The fourth-order valence-corrected chi connectivity index (χ4v) is 3.31. The molecule has 2 aromatic carbocycles. The maximum absolute atomic E-state index is 11.9. The van der Waals surface area contributed by atoms with Gasteiger partial charge in [-0.3, -0.25) is 4.18 Å². The molecular weight excluding hydrogens is 308 g/mol. The minimum atomic E-state index is -3.56. The van der Waals surface area contributed by atoms with Crippen molar-refractivity contribution in [3.8, 4) is 0 Å². The van der Waals surface area contributed by atoms with Crippen LogP contribution in [-0.2, 0) is 32.4 Å². The van der Waals surface area contributed by atoms with Crippen molar-refractivity contribution in [1.82, 2.24) is 0 Å². The quantitative estimate of drug-likeness (QED) is 0.578. The van der Waals surface area contributed by atoms with Crippen molar-refractivity contribution in [3.63, 3.8) is 0 Å². The fourth-order valence-electron chi connectivity index (χ4n) is 2.03. The molecule has 0 atom stereocenters. The molecule has 2 aromatic rings. The zero-order valence-corrected chi connectivity index (χ0v) is 13.1. The number of rotatable bonds is 7. The molecule has 2 rings (SSSR count). The molecule has 0 aliphatic heterocycles. The number of halogens is 1. The van der Waals surface area contributed by atoms with Crippen LogP contribution in [0.2, 0.25) is 0 Å². The predicted octanol–water partition coefficient (Wildman–Crippen LogP) is 3.51. The highest BCUT2D eigenvalue weighted by Crippen LogP contribution is 2.13. The van der Waals surface area contributed by atoms with E-state index in [9.17, 15) is 8.42 Å². The molecule has 0 heterocycles. The zero-order valence-electron chi connectivity index (χ0n) is 11.5. The zero-order chi connectivity index (χ0) is 15.1. The van der Waals surface area contributed by atoms with Crippen LogP contribution in [0.15, 0.2) is 54.6 Å². The van der Waals surface area contributed by atoms with Gasteiger partial charge in [0.05, 0.1) is 6.61 Å². The molecule has 0 aliphatic carbocycles. The van der Waals surface area contributed by atoms with E-state index < -0.39 is 10.1 Å². The van der Waals surface area contributed by atoms with Gasteiger partial charge in [-0.1, -0.05) is 54.6 Å². The highest BCUT2D eigenvalue weighted by molar-refractivity contribution is 7.85. The molecule has 112 valence electrons. The Kier molecular flexibility index (Phi) is 5.79. The van der Waals surface area contributed by atoms with Gasteiger partial charge < -0.3 is 0 Å². The van der Waals surface area contributed by atoms with Crippen molar-refractivity contribution < 1.29 is 12.6 Å². The summed E-state index contributed by atoms with van der Waals surface area (Å²) in [6.07, 6.45) is 0.525. The van der Waals surface area contributed by atoms with E-state index in [0.717, 1.165) is 16.7 Å². The molecule has 0 unspecified atom stereocenters. The molecule has 0 aliphatic rings. The second kappa shape index (κ2) is 7.59. The van der Waals surface area contributed by atoms with Crippen LogP contribution in [0.25, 0.3) is 0 Å². The topological polar surface area (TPSA) is 43.4 Å². The first kappa shape index (κ1) is 16.0. The molecule has 0 saturated carbocycles. The largest absolute Gasteiger partial charge is 0.271 e. The second-order valence-electron chi connectivity index (χ2n) is 4.66. The van der Waals surface area contributed by atoms with E-state index in [1.807, 2.05) is 42.5 Å². The third-order valence-electron chi connectivity index (χ3n) is 3.08. The standard InChI is InChI=1S/C16H17ClO3S/c17-12-16-9-5-4-8-15(16)10-11-20-21(18,19)13-14-6-2-1-3-7-14/h1-9H,10-13H2. The van der Waals surface area contributed by atoms with E-state index in [1.54, 1.807) is 12.1 Å². The van der Waals surface area contributed by atoms with Crippen LogP contribution < -0.4 is 0 Å². The lowest BCUT2D eigenvalue weighted by molar-refractivity contribution is 0.321. The summed E-state index contributed by atoms with van der Waals surface area (Å²) in [5, 5.41) is 0. The Hall–Kier alpha value is -1.36. The summed E-state index contributed by atoms with van der Waals surface area (Å²) in [6.45, 7) is 0.128. The molecule has 0 saturated heterocycles. The third-order valence-corrected chi connectivity index (χ3v) is 4.58. The van der Waals surface area contributed by atoms with Gasteiger partial charge in [0.2, 0.25) is 0 Å². The summed E-state index contributed by atoms with van der Waals surface area (Å²) < 4.78 is 28.9. The smallest absolute Gasteiger partial charge is 0.270 e. The first-order valence-corrected chi connectivity index (χ1v) is 8.76. The molecule has 0 radical (unpaired) electrons. The monoisotopic (exact) mass is 324 g/mol. The van der Waals surface area contributed by atoms with Crippen LogP contribution in [0, 0.1) is 0 Å². The minimum Gasteiger partial charge on any atom is -0.270 e. The Morgan fingerprint density at radius 2 is 1.52 bits per heavy atom. The van der Waals surface area contributed by atoms with Crippen molar-refractivity contribution in [3.05, 3.63) is 71.3 Å². The van der Waals surface area contributed by atoms with Crippen LogP contribution in [0.4, 0.5) is 0 Å². The third kappa shape index (κ3) is 5.16. The van der Waals surface area contributed by atoms with Gasteiger partial charge in [0.1, 0.15) is 5.75 Å². The number of benzene rings is 2. The fraction of sp³-hybridized carbons (Fsp3) is 0.250. The van der Waals surface area contributed by atoms with Gasteiger partial charge in [-0.05, 0) is 23.1 Å². The lowest BCUT2D eigenvalue weighted by Crippen LogP contribution is -2.11. The summed E-state index contributed by atoms with van der Waals surface area (Å²) in [4.78, 5) is 0. The van der Waals surface area contributed by atoms with Gasteiger partial charge in [-0.25, -0.2) is 0 Å². The first-order chi connectivity index (χ1) is 10.1. The van der Waals surface area contributed by atoms with E-state index in [2.05, 4.69) is 0 Å². The Balaban J connectivity index is 1.90. The van der Waals surface area contributed by atoms with Crippen molar-refractivity contribution in [2.45, 2.75) is 18.1 Å². The Bertz CT molecular complexity index is 669. The van der Waals surface area contributed by atoms with Gasteiger partial charge in [-0.2, -0.15) is 8.42 Å². The van der Waals surface area contributed by atoms with Crippen molar-refractivity contribution in [1.29, 1.82) is 0 Å². The average molecular weight is 325 g/mol. The Morgan fingerprint density at radius 3 is 2.19 bits per heavy atom. The summed E-state index contributed by atoms with van der Waals surface area (Å²) in [6, 6.07) is 16.7. The average Bonchev–Trinajstić information content (AvgIpc) is 2.48. The molecule has 0 N–H and O–H groups in total. The van der Waals surface area contributed by atoms with E-state index in [4.69, 9.17) is 15.8 Å². The van der Waals surface area contributed by atoms with Crippen molar-refractivity contribution in [2.75, 3.05) is 6.61 Å². The van der Waals surface area contributed by atoms with Crippen LogP contribution >= 0.6 is 11.6 Å². The maximum Gasteiger partial charge on any atom is 0.271 e. The van der Waals surface area contributed by atoms with E-state index in [0.29, 0.717) is 12.3 Å². The minimum absolute atomic E-state index is 0.106. The summed E-state index contributed by atoms with van der Waals surface area (Å²) in [5.41, 5.74) is 2.74. The van der Waals surface area contributed by atoms with Crippen LogP contribution in [0.5, 0.6) is 0 Å².